The van der Waals surface area contributed by atoms with Gasteiger partial charge in [0.2, 0.25) is 0 Å². The molecule has 2 rings (SSSR count). The lowest BCUT2D eigenvalue weighted by molar-refractivity contribution is -0.134. The van der Waals surface area contributed by atoms with Gasteiger partial charge >= 0.3 is 6.09 Å². The Bertz CT molecular complexity index is 693. The summed E-state index contributed by atoms with van der Waals surface area (Å²) >= 11 is 6.12. The predicted molar refractivity (Wildman–Crippen MR) is 93.1 cm³/mol. The molecule has 10 nitrogen and oxygen atoms in total. The van der Waals surface area contributed by atoms with Crippen molar-refractivity contribution in [3.05, 3.63) is 28.9 Å². The van der Waals surface area contributed by atoms with E-state index in [9.17, 15) is 9.59 Å². The van der Waals surface area contributed by atoms with E-state index in [1.54, 1.807) is 6.07 Å². The number of pyridine rings is 1. The average molecular weight is 387 g/mol. The Balaban J connectivity index is 0.000000765. The van der Waals surface area contributed by atoms with Crippen molar-refractivity contribution in [1.29, 1.82) is 0 Å². The van der Waals surface area contributed by atoms with Crippen LogP contribution in [0.3, 0.4) is 0 Å². The molecule has 1 saturated heterocycles. The van der Waals surface area contributed by atoms with Gasteiger partial charge in [-0.15, -0.1) is 0 Å². The van der Waals surface area contributed by atoms with Gasteiger partial charge in [0, 0.05) is 38.3 Å². The van der Waals surface area contributed by atoms with Crippen molar-refractivity contribution in [2.45, 2.75) is 19.4 Å². The third-order valence-corrected chi connectivity index (χ3v) is 3.49. The molecule has 0 bridgehead atoms. The van der Waals surface area contributed by atoms with E-state index < -0.39 is 18.0 Å². The molecule has 2 heterocycles. The van der Waals surface area contributed by atoms with Gasteiger partial charge in [-0.1, -0.05) is 11.6 Å². The molecule has 0 aromatic carbocycles. The van der Waals surface area contributed by atoms with Gasteiger partial charge in [-0.3, -0.25) is 14.8 Å². The van der Waals surface area contributed by atoms with E-state index in [2.05, 4.69) is 10.3 Å². The first-order valence-electron chi connectivity index (χ1n) is 7.44. The average Bonchev–Trinajstić information content (AvgIpc) is 3.03. The summed E-state index contributed by atoms with van der Waals surface area (Å²) in [4.78, 5) is 36.2. The third kappa shape index (κ3) is 7.36. The Hall–Kier alpha value is -2.85. The van der Waals surface area contributed by atoms with Gasteiger partial charge in [0.25, 0.3) is 11.9 Å². The number of halogens is 1. The fourth-order valence-corrected chi connectivity index (χ4v) is 2.33. The van der Waals surface area contributed by atoms with Crippen LogP contribution in [-0.4, -0.2) is 62.4 Å². The van der Waals surface area contributed by atoms with Crippen molar-refractivity contribution in [3.63, 3.8) is 0 Å². The minimum absolute atomic E-state index is 0.0392. The zero-order valence-corrected chi connectivity index (χ0v) is 14.6. The SMILES string of the molecule is CC(=O)O.O=C(C=Cc1cnc(N[C@@H]2CCN(C(=O)O)C2)c(Cl)c1)NO. The number of hydrogen-bond donors (Lipinski definition) is 5. The maximum absolute atomic E-state index is 10.9. The number of nitrogens with one attached hydrogen (secondary N) is 2. The van der Waals surface area contributed by atoms with E-state index in [0.717, 1.165) is 13.0 Å². The number of carbonyl (C=O) groups is 3. The standard InChI is InChI=1S/C13H15ClN4O4.C2H4O2/c14-10-5-8(1-2-11(19)17-22)6-15-12(10)16-9-3-4-18(7-9)13(20)21;1-2(3)4/h1-2,5-6,9,22H,3-4,7H2,(H,15,16)(H,17,19)(H,20,21);1H3,(H,3,4)/t9-;/m1./s1. The number of hydroxylamine groups is 1. The first-order valence-corrected chi connectivity index (χ1v) is 7.82. The number of rotatable bonds is 4. The quantitative estimate of drug-likeness (QED) is 0.296. The summed E-state index contributed by atoms with van der Waals surface area (Å²) in [6.45, 7) is 1.94. The number of aliphatic carboxylic acids is 1. The summed E-state index contributed by atoms with van der Waals surface area (Å²) in [7, 11) is 0. The van der Waals surface area contributed by atoms with Crippen LogP contribution in [0.5, 0.6) is 0 Å². The molecule has 1 aromatic rings. The molecule has 26 heavy (non-hydrogen) atoms. The molecule has 0 radical (unpaired) electrons. The lowest BCUT2D eigenvalue weighted by Gasteiger charge is -2.15. The van der Waals surface area contributed by atoms with Crippen LogP contribution in [0.2, 0.25) is 5.02 Å². The van der Waals surface area contributed by atoms with Crippen molar-refractivity contribution < 1.29 is 29.8 Å². The number of hydrogen-bond acceptors (Lipinski definition) is 6. The second-order valence-corrected chi connectivity index (χ2v) is 5.69. The van der Waals surface area contributed by atoms with Crippen molar-refractivity contribution in [1.82, 2.24) is 15.4 Å². The van der Waals surface area contributed by atoms with Gasteiger partial charge in [0.15, 0.2) is 0 Å². The predicted octanol–water partition coefficient (Wildman–Crippen LogP) is 1.51. The molecule has 0 aliphatic carbocycles. The zero-order valence-electron chi connectivity index (χ0n) is 13.8. The van der Waals surface area contributed by atoms with Crippen molar-refractivity contribution in [2.75, 3.05) is 18.4 Å². The highest BCUT2D eigenvalue weighted by molar-refractivity contribution is 6.33. The Morgan fingerprint density at radius 2 is 2.04 bits per heavy atom. The lowest BCUT2D eigenvalue weighted by atomic mass is 10.2. The topological polar surface area (TPSA) is 152 Å². The first-order chi connectivity index (χ1) is 12.2. The third-order valence-electron chi connectivity index (χ3n) is 3.20. The van der Waals surface area contributed by atoms with Gasteiger partial charge in [-0.05, 0) is 24.1 Å². The van der Waals surface area contributed by atoms with E-state index in [1.807, 2.05) is 0 Å². The number of carbonyl (C=O) groups excluding carboxylic acids is 1. The highest BCUT2D eigenvalue weighted by Gasteiger charge is 2.26. The van der Waals surface area contributed by atoms with Crippen LogP contribution in [-0.2, 0) is 9.59 Å². The first kappa shape index (κ1) is 21.2. The van der Waals surface area contributed by atoms with E-state index in [4.69, 9.17) is 31.8 Å². The van der Waals surface area contributed by atoms with E-state index >= 15 is 0 Å². The number of nitrogens with zero attached hydrogens (tertiary/aromatic N) is 2. The van der Waals surface area contributed by atoms with Gasteiger partial charge < -0.3 is 20.4 Å². The summed E-state index contributed by atoms with van der Waals surface area (Å²) in [6.07, 6.45) is 3.85. The van der Waals surface area contributed by atoms with Gasteiger partial charge in [0.05, 0.1) is 5.02 Å². The smallest absolute Gasteiger partial charge is 0.407 e. The Morgan fingerprint density at radius 1 is 1.38 bits per heavy atom. The minimum atomic E-state index is -0.939. The summed E-state index contributed by atoms with van der Waals surface area (Å²) in [5.74, 6) is -1.03. The van der Waals surface area contributed by atoms with Crippen LogP contribution in [0.4, 0.5) is 10.6 Å². The van der Waals surface area contributed by atoms with E-state index in [1.165, 1.54) is 22.7 Å². The second-order valence-electron chi connectivity index (χ2n) is 5.29. The molecule has 5 N–H and O–H groups in total. The van der Waals surface area contributed by atoms with Gasteiger partial charge in [0.1, 0.15) is 5.82 Å². The fourth-order valence-electron chi connectivity index (χ4n) is 2.10. The molecule has 2 amide bonds. The molecule has 142 valence electrons. The van der Waals surface area contributed by atoms with Crippen LogP contribution in [0.25, 0.3) is 6.08 Å². The number of anilines is 1. The Kier molecular flexibility index (Phi) is 8.32. The number of carboxylic acid groups (broad SMARTS) is 2. The molecular weight excluding hydrogens is 368 g/mol. The normalized spacial score (nSPS) is 16.0. The molecule has 0 spiro atoms. The molecule has 0 saturated carbocycles. The lowest BCUT2D eigenvalue weighted by Crippen LogP contribution is -2.30. The van der Waals surface area contributed by atoms with Crippen LogP contribution in [0.1, 0.15) is 18.9 Å². The number of carboxylic acids is 1. The maximum Gasteiger partial charge on any atom is 0.407 e. The zero-order chi connectivity index (χ0) is 19.7. The molecule has 1 fully saturated rings. The number of likely N-dealkylation sites (tertiary alicyclic amines) is 1. The number of aromatic nitrogens is 1. The largest absolute Gasteiger partial charge is 0.481 e. The van der Waals surface area contributed by atoms with Crippen LogP contribution in [0.15, 0.2) is 18.3 Å². The van der Waals surface area contributed by atoms with Crippen molar-refractivity contribution >= 4 is 41.5 Å². The minimum Gasteiger partial charge on any atom is -0.481 e. The fraction of sp³-hybridized carbons (Fsp3) is 0.333. The van der Waals surface area contributed by atoms with Crippen LogP contribution >= 0.6 is 11.6 Å². The molecule has 11 heteroatoms. The van der Waals surface area contributed by atoms with Gasteiger partial charge in [-0.2, -0.15) is 0 Å². The summed E-state index contributed by atoms with van der Waals surface area (Å²) in [5, 5.41) is 28.2. The molecule has 1 atom stereocenters. The highest BCUT2D eigenvalue weighted by Crippen LogP contribution is 2.23. The number of amides is 2. The molecule has 0 unspecified atom stereocenters. The summed E-state index contributed by atoms with van der Waals surface area (Å²) < 4.78 is 0. The summed E-state index contributed by atoms with van der Waals surface area (Å²) in [6, 6.07) is 1.57. The molecule has 1 aliphatic heterocycles. The van der Waals surface area contributed by atoms with E-state index in [-0.39, 0.29) is 6.04 Å². The van der Waals surface area contributed by atoms with Crippen molar-refractivity contribution in [3.8, 4) is 0 Å². The molecule has 1 aromatic heterocycles. The van der Waals surface area contributed by atoms with E-state index in [0.29, 0.717) is 35.9 Å². The highest BCUT2D eigenvalue weighted by atomic mass is 35.5. The monoisotopic (exact) mass is 386 g/mol. The maximum atomic E-state index is 10.9. The van der Waals surface area contributed by atoms with Crippen LogP contribution < -0.4 is 10.8 Å². The Morgan fingerprint density at radius 3 is 2.54 bits per heavy atom. The summed E-state index contributed by atoms with van der Waals surface area (Å²) in [5.41, 5.74) is 2.07. The molecule has 1 aliphatic rings. The second kappa shape index (κ2) is 10.2. The Labute approximate surface area is 154 Å². The van der Waals surface area contributed by atoms with Crippen molar-refractivity contribution in [2.24, 2.45) is 0 Å². The molecular formula is C15H19ClN4O6. The van der Waals surface area contributed by atoms with Crippen LogP contribution in [0, 0.1) is 0 Å². The van der Waals surface area contributed by atoms with Gasteiger partial charge in [-0.25, -0.2) is 15.3 Å².